The molecule has 0 aromatic heterocycles. The molecule has 2 heterocycles. The van der Waals surface area contributed by atoms with Crippen LogP contribution in [0.4, 0.5) is 23.2 Å². The van der Waals surface area contributed by atoms with Gasteiger partial charge < -0.3 is 20.4 Å². The van der Waals surface area contributed by atoms with Crippen molar-refractivity contribution in [2.24, 2.45) is 0 Å². The zero-order valence-corrected chi connectivity index (χ0v) is 21.4. The van der Waals surface area contributed by atoms with Crippen molar-refractivity contribution in [2.45, 2.75) is 50.2 Å². The molecule has 3 rings (SSSR count). The van der Waals surface area contributed by atoms with E-state index in [0.29, 0.717) is 32.6 Å². The number of hydrogen-bond acceptors (Lipinski definition) is 6. The number of nitriles is 1. The summed E-state index contributed by atoms with van der Waals surface area (Å²) < 4.78 is 51.6. The second-order valence-corrected chi connectivity index (χ2v) is 10.1. The van der Waals surface area contributed by atoms with E-state index in [9.17, 15) is 32.4 Å². The number of alkyl halides is 4. The Bertz CT molecular complexity index is 1040. The minimum atomic E-state index is -2.75. The van der Waals surface area contributed by atoms with Gasteiger partial charge in [0.25, 0.3) is 18.3 Å². The molecule has 2 aliphatic heterocycles. The average molecular weight is 542 g/mol. The van der Waals surface area contributed by atoms with Crippen LogP contribution in [0.5, 0.6) is 0 Å². The fourth-order valence-corrected chi connectivity index (χ4v) is 5.56. The second-order valence-electron chi connectivity index (χ2n) is 8.95. The summed E-state index contributed by atoms with van der Waals surface area (Å²) in [6, 6.07) is 9.54. The molecule has 2 aliphatic rings. The molecule has 0 radical (unpaired) electrons. The Kier molecular flexibility index (Phi) is 10.2. The molecule has 1 atom stereocenters. The fourth-order valence-electron chi connectivity index (χ4n) is 4.23. The summed E-state index contributed by atoms with van der Waals surface area (Å²) in [6.45, 7) is 3.04. The van der Waals surface area contributed by atoms with E-state index in [1.807, 2.05) is 34.5 Å². The summed E-state index contributed by atoms with van der Waals surface area (Å²) in [5, 5.41) is 14.4. The number of nitrogens with zero attached hydrogens (tertiary/aromatic N) is 3. The van der Waals surface area contributed by atoms with Gasteiger partial charge in [-0.3, -0.25) is 9.59 Å². The molecule has 0 spiro atoms. The van der Waals surface area contributed by atoms with Gasteiger partial charge in [-0.05, 0) is 37.5 Å². The molecule has 0 saturated carbocycles. The number of nitrogens with one attached hydrogen (secondary N) is 2. The number of likely N-dealkylation sites (tertiary alicyclic amines) is 1. The van der Waals surface area contributed by atoms with Gasteiger partial charge >= 0.3 is 0 Å². The van der Waals surface area contributed by atoms with Crippen LogP contribution in [-0.4, -0.2) is 78.5 Å². The van der Waals surface area contributed by atoms with Gasteiger partial charge in [0.2, 0.25) is 5.91 Å². The van der Waals surface area contributed by atoms with Gasteiger partial charge in [0.05, 0.1) is 11.8 Å². The normalized spacial score (nSPS) is 21.2. The van der Waals surface area contributed by atoms with E-state index in [1.165, 1.54) is 4.90 Å². The number of anilines is 1. The van der Waals surface area contributed by atoms with Crippen LogP contribution in [0.1, 0.15) is 31.7 Å². The van der Waals surface area contributed by atoms with Gasteiger partial charge in [0.15, 0.2) is 0 Å². The van der Waals surface area contributed by atoms with Crippen molar-refractivity contribution in [3.8, 4) is 6.07 Å². The minimum absolute atomic E-state index is 0.102. The number of carbonyl (C=O) groups excluding carboxylic acids is 2. The fraction of sp³-hybridized carbons (Fsp3) is 0.560. The molecule has 1 unspecified atom stereocenters. The Morgan fingerprint density at radius 2 is 2.03 bits per heavy atom. The molecule has 7 nitrogen and oxygen atoms in total. The Balaban J connectivity index is 1.53. The average Bonchev–Trinajstić information content (AvgIpc) is 3.17. The molecule has 0 aliphatic carbocycles. The number of carbonyl (C=O) groups is 2. The molecule has 0 bridgehead atoms. The van der Waals surface area contributed by atoms with E-state index in [2.05, 4.69) is 5.32 Å². The van der Waals surface area contributed by atoms with Gasteiger partial charge in [0, 0.05) is 51.3 Å². The minimum Gasteiger partial charge on any atom is -0.385 e. The molecule has 2 N–H and O–H groups in total. The third kappa shape index (κ3) is 8.10. The third-order valence-corrected chi connectivity index (χ3v) is 7.66. The lowest BCUT2D eigenvalue weighted by molar-refractivity contribution is -0.127. The molecule has 2 fully saturated rings. The van der Waals surface area contributed by atoms with Crippen LogP contribution < -0.4 is 10.6 Å². The molecule has 1 aromatic carbocycles. The van der Waals surface area contributed by atoms with E-state index in [-0.39, 0.29) is 35.9 Å². The van der Waals surface area contributed by atoms with E-state index in [1.54, 1.807) is 13.0 Å². The molecular weight excluding hydrogens is 510 g/mol. The number of hydrogen-bond donors (Lipinski definition) is 2. The van der Waals surface area contributed by atoms with Gasteiger partial charge in [-0.2, -0.15) is 5.26 Å². The quantitative estimate of drug-likeness (QED) is 0.252. The van der Waals surface area contributed by atoms with Crippen molar-refractivity contribution in [1.29, 1.82) is 5.26 Å². The zero-order valence-electron chi connectivity index (χ0n) is 20.6. The highest BCUT2D eigenvalue weighted by Crippen LogP contribution is 2.38. The van der Waals surface area contributed by atoms with E-state index >= 15 is 0 Å². The van der Waals surface area contributed by atoms with Crippen LogP contribution in [0.3, 0.4) is 0 Å². The highest BCUT2D eigenvalue weighted by atomic mass is 32.2. The second kappa shape index (κ2) is 13.1. The Hall–Kier alpha value is -2.78. The summed E-state index contributed by atoms with van der Waals surface area (Å²) in [6.07, 6.45) is -1.79. The van der Waals surface area contributed by atoms with Crippen molar-refractivity contribution < 1.29 is 27.2 Å². The van der Waals surface area contributed by atoms with Crippen molar-refractivity contribution in [3.05, 3.63) is 40.4 Å². The summed E-state index contributed by atoms with van der Waals surface area (Å²) >= 11 is 1.10. The Morgan fingerprint density at radius 1 is 1.30 bits per heavy atom. The SMILES string of the molecule is CCN1C(=O)C(CCNc2cccc(CCN3CCC(F)(F)CC3)c2)S/C1=C(/C#N)C(=O)NCC(F)F. The van der Waals surface area contributed by atoms with Crippen molar-refractivity contribution in [3.63, 3.8) is 0 Å². The maximum atomic E-state index is 13.3. The predicted molar refractivity (Wildman–Crippen MR) is 134 cm³/mol. The Labute approximate surface area is 218 Å². The third-order valence-electron chi connectivity index (χ3n) is 6.29. The first-order valence-corrected chi connectivity index (χ1v) is 13.1. The zero-order chi connectivity index (χ0) is 27.0. The van der Waals surface area contributed by atoms with Crippen molar-refractivity contribution >= 4 is 29.3 Å². The topological polar surface area (TPSA) is 88.5 Å². The van der Waals surface area contributed by atoms with Crippen LogP contribution in [0.2, 0.25) is 0 Å². The van der Waals surface area contributed by atoms with E-state index in [4.69, 9.17) is 0 Å². The lowest BCUT2D eigenvalue weighted by Crippen LogP contribution is -2.40. The van der Waals surface area contributed by atoms with Crippen LogP contribution >= 0.6 is 11.8 Å². The number of thioether (sulfide) groups is 1. The molecule has 2 amide bonds. The van der Waals surface area contributed by atoms with Crippen LogP contribution in [0, 0.1) is 11.3 Å². The van der Waals surface area contributed by atoms with Crippen LogP contribution in [-0.2, 0) is 16.0 Å². The van der Waals surface area contributed by atoms with Gasteiger partial charge in [-0.25, -0.2) is 17.6 Å². The number of halogens is 4. The van der Waals surface area contributed by atoms with Gasteiger partial charge in [-0.15, -0.1) is 0 Å². The highest BCUT2D eigenvalue weighted by Gasteiger charge is 2.38. The first kappa shape index (κ1) is 28.8. The van der Waals surface area contributed by atoms with E-state index < -0.39 is 30.0 Å². The summed E-state index contributed by atoms with van der Waals surface area (Å²) in [4.78, 5) is 28.5. The smallest absolute Gasteiger partial charge is 0.264 e. The number of piperidine rings is 1. The van der Waals surface area contributed by atoms with E-state index in [0.717, 1.165) is 29.4 Å². The lowest BCUT2D eigenvalue weighted by atomic mass is 10.1. The number of rotatable bonds is 11. The molecule has 202 valence electrons. The summed E-state index contributed by atoms with van der Waals surface area (Å²) in [7, 11) is 0. The van der Waals surface area contributed by atoms with Crippen molar-refractivity contribution in [2.75, 3.05) is 44.6 Å². The highest BCUT2D eigenvalue weighted by molar-refractivity contribution is 8.04. The van der Waals surface area contributed by atoms with Crippen molar-refractivity contribution in [1.82, 2.24) is 15.1 Å². The molecule has 1 aromatic rings. The van der Waals surface area contributed by atoms with Gasteiger partial charge in [-0.1, -0.05) is 23.9 Å². The largest absolute Gasteiger partial charge is 0.385 e. The summed E-state index contributed by atoms with van der Waals surface area (Å²) in [5.74, 6) is -3.72. The molecule has 37 heavy (non-hydrogen) atoms. The van der Waals surface area contributed by atoms with Crippen LogP contribution in [0.25, 0.3) is 0 Å². The maximum Gasteiger partial charge on any atom is 0.264 e. The van der Waals surface area contributed by atoms with Crippen LogP contribution in [0.15, 0.2) is 34.9 Å². The summed E-state index contributed by atoms with van der Waals surface area (Å²) in [5.41, 5.74) is 1.59. The lowest BCUT2D eigenvalue weighted by Gasteiger charge is -2.31. The standard InChI is InChI=1S/C25H31F4N5O2S/c1-2-34-23(36)20(37-24(34)19(15-30)22(35)32-16-21(26)27)6-10-31-18-5-3-4-17(14-18)7-11-33-12-8-25(28,29)9-13-33/h3-5,14,20-21,31H,2,6-13,16H2,1H3,(H,32,35)/b24-19-. The number of amides is 2. The first-order valence-electron chi connectivity index (χ1n) is 12.2. The predicted octanol–water partition coefficient (Wildman–Crippen LogP) is 3.84. The van der Waals surface area contributed by atoms with Gasteiger partial charge in [0.1, 0.15) is 16.7 Å². The molecular formula is C25H31F4N5O2S. The number of benzene rings is 1. The molecule has 12 heteroatoms. The maximum absolute atomic E-state index is 13.3. The monoisotopic (exact) mass is 541 g/mol. The Morgan fingerprint density at radius 3 is 2.68 bits per heavy atom. The first-order chi connectivity index (χ1) is 17.6. The molecule has 2 saturated heterocycles.